The molecule has 0 amide bonds. The molecule has 198 valence electrons. The molecule has 1 spiro atoms. The van der Waals surface area contributed by atoms with Crippen LogP contribution in [0.2, 0.25) is 0 Å². The van der Waals surface area contributed by atoms with Gasteiger partial charge in [-0.3, -0.25) is 0 Å². The summed E-state index contributed by atoms with van der Waals surface area (Å²) in [5.74, 6) is 0. The van der Waals surface area contributed by atoms with E-state index in [4.69, 9.17) is 29.4 Å². The van der Waals surface area contributed by atoms with Gasteiger partial charge in [0.15, 0.2) is 12.6 Å². The third-order valence-electron chi connectivity index (χ3n) is 7.19. The average Bonchev–Trinajstić information content (AvgIpc) is 3.60. The number of aliphatic hydroxyl groups is 8. The second-order valence-electron chi connectivity index (χ2n) is 9.52. The van der Waals surface area contributed by atoms with Crippen LogP contribution in [0.25, 0.3) is 0 Å². The van der Waals surface area contributed by atoms with Gasteiger partial charge < -0.3 is 70.3 Å². The Hall–Kier alpha value is -0.560. The van der Waals surface area contributed by atoms with E-state index in [1.165, 1.54) is 0 Å². The van der Waals surface area contributed by atoms with Gasteiger partial charge in [-0.15, -0.1) is 0 Å². The number of nitrogens with two attached hydrogens (primary N) is 1. The van der Waals surface area contributed by atoms with Crippen LogP contribution >= 0.6 is 0 Å². The zero-order valence-electron chi connectivity index (χ0n) is 18.6. The molecule has 10 N–H and O–H groups in total. The number of hydrogen-bond donors (Lipinski definition) is 9. The molecule has 14 nitrogen and oxygen atoms in total. The predicted octanol–water partition coefficient (Wildman–Crippen LogP) is -5.36. The van der Waals surface area contributed by atoms with E-state index in [1.807, 2.05) is 0 Å². The van der Waals surface area contributed by atoms with Gasteiger partial charge in [-0.2, -0.15) is 0 Å². The largest absolute Gasteiger partial charge is 0.394 e. The Kier molecular flexibility index (Phi) is 7.85. The first-order valence-corrected chi connectivity index (χ1v) is 11.4. The van der Waals surface area contributed by atoms with Crippen LogP contribution in [-0.2, 0) is 23.7 Å². The lowest BCUT2D eigenvalue weighted by atomic mass is 9.93. The summed E-state index contributed by atoms with van der Waals surface area (Å²) in [5, 5.41) is 82.2. The fraction of sp³-hybridized carbons (Fsp3) is 1.00. The smallest absolute Gasteiger partial charge is 0.187 e. The van der Waals surface area contributed by atoms with Gasteiger partial charge in [-0.05, 0) is 19.8 Å². The van der Waals surface area contributed by atoms with Gasteiger partial charge in [0.05, 0.1) is 31.0 Å². The maximum Gasteiger partial charge on any atom is 0.187 e. The van der Waals surface area contributed by atoms with Crippen molar-refractivity contribution in [1.82, 2.24) is 0 Å². The molecule has 0 aromatic carbocycles. The Balaban J connectivity index is 1.45. The molecule has 0 aromatic heterocycles. The Morgan fingerprint density at radius 3 is 1.85 bits per heavy atom. The molecule has 14 unspecified atom stereocenters. The first kappa shape index (κ1) is 26.5. The van der Waals surface area contributed by atoms with Crippen LogP contribution in [0.4, 0.5) is 0 Å². The second kappa shape index (κ2) is 10.1. The van der Waals surface area contributed by atoms with E-state index in [0.29, 0.717) is 12.8 Å². The monoisotopic (exact) mass is 497 g/mol. The number of ether oxygens (including phenoxy) is 5. The standard InChI is InChI=1S/C20H35NO13/c1-6-9(21)10(24)12(26)18(30-6)32-15-7(4-22)31-19(13(27)11(15)25)33-16-8(5-23)34-20(2-3-20)17(29)14(16)28/h6-19,22-29H,2-5,21H2,1H3. The summed E-state index contributed by atoms with van der Waals surface area (Å²) in [6.07, 6.45) is -17.0. The van der Waals surface area contributed by atoms with Crippen molar-refractivity contribution >= 4 is 0 Å². The summed E-state index contributed by atoms with van der Waals surface area (Å²) >= 11 is 0. The van der Waals surface area contributed by atoms with Crippen molar-refractivity contribution in [2.75, 3.05) is 13.2 Å². The van der Waals surface area contributed by atoms with Gasteiger partial charge in [0.1, 0.15) is 61.0 Å². The normalized spacial score (nSPS) is 53.1. The molecule has 0 aromatic rings. The van der Waals surface area contributed by atoms with Crippen LogP contribution in [0.5, 0.6) is 0 Å². The Morgan fingerprint density at radius 2 is 1.29 bits per heavy atom. The SMILES string of the molecule is CC1OC(OC2C(CO)OC(OC3C(CO)OC4(CC4)C(O)C3O)C(O)C2O)C(O)C(O)C1N. The van der Waals surface area contributed by atoms with Gasteiger partial charge in [0.25, 0.3) is 0 Å². The van der Waals surface area contributed by atoms with Crippen molar-refractivity contribution in [3.63, 3.8) is 0 Å². The minimum absolute atomic E-state index is 0.509. The van der Waals surface area contributed by atoms with E-state index >= 15 is 0 Å². The first-order valence-electron chi connectivity index (χ1n) is 11.4. The maximum absolute atomic E-state index is 10.7. The van der Waals surface area contributed by atoms with Crippen molar-refractivity contribution in [2.24, 2.45) is 5.73 Å². The first-order chi connectivity index (χ1) is 16.0. The van der Waals surface area contributed by atoms with Crippen LogP contribution in [0, 0.1) is 0 Å². The van der Waals surface area contributed by atoms with E-state index in [-0.39, 0.29) is 0 Å². The van der Waals surface area contributed by atoms with Gasteiger partial charge in [0.2, 0.25) is 0 Å². The van der Waals surface area contributed by atoms with Crippen LogP contribution < -0.4 is 5.73 Å². The van der Waals surface area contributed by atoms with Crippen molar-refractivity contribution < 1.29 is 64.5 Å². The summed E-state index contributed by atoms with van der Waals surface area (Å²) in [5.41, 5.74) is 4.81. The van der Waals surface area contributed by atoms with Crippen LogP contribution in [-0.4, -0.2) is 145 Å². The number of hydrogen-bond acceptors (Lipinski definition) is 14. The molecule has 0 bridgehead atoms. The van der Waals surface area contributed by atoms with Gasteiger partial charge in [-0.1, -0.05) is 0 Å². The molecule has 14 atom stereocenters. The lowest BCUT2D eigenvalue weighted by Gasteiger charge is -2.48. The molecule has 4 fully saturated rings. The Bertz CT molecular complexity index is 693. The molecule has 3 saturated heterocycles. The van der Waals surface area contributed by atoms with Crippen molar-refractivity contribution in [3.8, 4) is 0 Å². The second-order valence-corrected chi connectivity index (χ2v) is 9.52. The lowest BCUT2D eigenvalue weighted by Crippen LogP contribution is -2.67. The maximum atomic E-state index is 10.7. The van der Waals surface area contributed by atoms with Crippen molar-refractivity contribution in [2.45, 2.75) is 111 Å². The third-order valence-corrected chi connectivity index (χ3v) is 7.19. The lowest BCUT2D eigenvalue weighted by molar-refractivity contribution is -0.368. The van der Waals surface area contributed by atoms with Crippen molar-refractivity contribution in [3.05, 3.63) is 0 Å². The quantitative estimate of drug-likeness (QED) is 0.167. The molecule has 1 saturated carbocycles. The van der Waals surface area contributed by atoms with Crippen molar-refractivity contribution in [1.29, 1.82) is 0 Å². The van der Waals surface area contributed by atoms with Gasteiger partial charge in [0, 0.05) is 0 Å². The molecule has 3 aliphatic heterocycles. The highest BCUT2D eigenvalue weighted by Crippen LogP contribution is 2.49. The fourth-order valence-corrected chi connectivity index (χ4v) is 4.80. The molecular formula is C20H35NO13. The topological polar surface area (TPSA) is 234 Å². The third kappa shape index (κ3) is 4.62. The Labute approximate surface area is 195 Å². The summed E-state index contributed by atoms with van der Waals surface area (Å²) in [6, 6.07) is -0.881. The molecule has 3 heterocycles. The molecule has 14 heteroatoms. The summed E-state index contributed by atoms with van der Waals surface area (Å²) < 4.78 is 28.0. The van der Waals surface area contributed by atoms with Gasteiger partial charge in [-0.25, -0.2) is 0 Å². The molecule has 1 aliphatic carbocycles. The molecule has 34 heavy (non-hydrogen) atoms. The minimum atomic E-state index is -1.77. The zero-order chi connectivity index (χ0) is 24.9. The average molecular weight is 497 g/mol. The highest BCUT2D eigenvalue weighted by molar-refractivity contribution is 5.11. The van der Waals surface area contributed by atoms with E-state index < -0.39 is 105 Å². The van der Waals surface area contributed by atoms with Crippen LogP contribution in [0.1, 0.15) is 19.8 Å². The number of aliphatic hydroxyl groups excluding tert-OH is 8. The molecule has 4 rings (SSSR count). The van der Waals surface area contributed by atoms with E-state index in [2.05, 4.69) is 0 Å². The van der Waals surface area contributed by atoms with Crippen LogP contribution in [0.15, 0.2) is 0 Å². The molecular weight excluding hydrogens is 462 g/mol. The van der Waals surface area contributed by atoms with Gasteiger partial charge >= 0.3 is 0 Å². The summed E-state index contributed by atoms with van der Waals surface area (Å²) in [4.78, 5) is 0. The van der Waals surface area contributed by atoms with Crippen LogP contribution in [0.3, 0.4) is 0 Å². The highest BCUT2D eigenvalue weighted by Gasteiger charge is 2.61. The summed E-state index contributed by atoms with van der Waals surface area (Å²) in [7, 11) is 0. The fourth-order valence-electron chi connectivity index (χ4n) is 4.80. The zero-order valence-corrected chi connectivity index (χ0v) is 18.6. The minimum Gasteiger partial charge on any atom is -0.394 e. The van der Waals surface area contributed by atoms with E-state index in [0.717, 1.165) is 0 Å². The molecule has 0 radical (unpaired) electrons. The van der Waals surface area contributed by atoms with E-state index in [1.54, 1.807) is 6.92 Å². The van der Waals surface area contributed by atoms with E-state index in [9.17, 15) is 40.9 Å². The summed E-state index contributed by atoms with van der Waals surface area (Å²) in [6.45, 7) is 0.311. The Morgan fingerprint density at radius 1 is 0.765 bits per heavy atom. The predicted molar refractivity (Wildman–Crippen MR) is 108 cm³/mol. The molecule has 4 aliphatic rings. The number of rotatable bonds is 6. The highest BCUT2D eigenvalue weighted by atomic mass is 16.7.